The highest BCUT2D eigenvalue weighted by Gasteiger charge is 2.22. The lowest BCUT2D eigenvalue weighted by molar-refractivity contribution is 0.780. The van der Waals surface area contributed by atoms with Crippen LogP contribution >= 0.6 is 11.6 Å². The highest BCUT2D eigenvalue weighted by Crippen LogP contribution is 2.35. The number of rotatable bonds is 2. The number of hydrogen-bond acceptors (Lipinski definition) is 2. The summed E-state index contributed by atoms with van der Waals surface area (Å²) in [7, 11) is 0. The number of hydrogen-bond donors (Lipinski definition) is 1. The third-order valence-corrected chi connectivity index (χ3v) is 4.85. The molecule has 0 radical (unpaired) electrons. The first-order valence-electron chi connectivity index (χ1n) is 8.42. The van der Waals surface area contributed by atoms with Gasteiger partial charge in [-0.3, -0.25) is 0 Å². The molecule has 0 aliphatic carbocycles. The minimum Gasteiger partial charge on any atom is -0.370 e. The van der Waals surface area contributed by atoms with E-state index in [1.165, 1.54) is 24.0 Å². The summed E-state index contributed by atoms with van der Waals surface area (Å²) in [5, 5.41) is 9.21. The lowest BCUT2D eigenvalue weighted by Gasteiger charge is -2.10. The van der Waals surface area contributed by atoms with E-state index in [0.29, 0.717) is 5.02 Å². The molecule has 1 N–H and O–H groups in total. The first-order chi connectivity index (χ1) is 11.7. The van der Waals surface area contributed by atoms with Crippen LogP contribution in [-0.4, -0.2) is 16.3 Å². The van der Waals surface area contributed by atoms with Crippen molar-refractivity contribution < 1.29 is 0 Å². The Morgan fingerprint density at radius 3 is 2.62 bits per heavy atom. The van der Waals surface area contributed by atoms with Crippen molar-refractivity contribution in [3.8, 4) is 16.9 Å². The zero-order valence-electron chi connectivity index (χ0n) is 13.7. The Hall–Kier alpha value is -2.26. The quantitative estimate of drug-likeness (QED) is 0.692. The smallest absolute Gasteiger partial charge is 0.133 e. The fourth-order valence-corrected chi connectivity index (χ4v) is 3.46. The maximum atomic E-state index is 6.43. The van der Waals surface area contributed by atoms with Gasteiger partial charge in [-0.05, 0) is 38.3 Å². The van der Waals surface area contributed by atoms with E-state index in [4.69, 9.17) is 16.7 Å². The van der Waals surface area contributed by atoms with Crippen LogP contribution in [0.25, 0.3) is 16.9 Å². The van der Waals surface area contributed by atoms with E-state index in [-0.39, 0.29) is 0 Å². The molecular weight excluding hydrogens is 318 g/mol. The molecule has 2 heterocycles. The second-order valence-electron chi connectivity index (χ2n) is 6.29. The van der Waals surface area contributed by atoms with Gasteiger partial charge in [0.05, 0.1) is 16.4 Å². The van der Waals surface area contributed by atoms with Crippen molar-refractivity contribution in [3.63, 3.8) is 0 Å². The zero-order valence-corrected chi connectivity index (χ0v) is 14.5. The molecule has 122 valence electrons. The Kier molecular flexibility index (Phi) is 4.03. The molecule has 24 heavy (non-hydrogen) atoms. The number of benzene rings is 2. The first-order valence-corrected chi connectivity index (χ1v) is 8.79. The molecule has 0 unspecified atom stereocenters. The number of halogens is 1. The molecule has 2 aromatic carbocycles. The predicted octanol–water partition coefficient (Wildman–Crippen LogP) is 5.25. The van der Waals surface area contributed by atoms with Crippen molar-refractivity contribution in [2.75, 3.05) is 11.9 Å². The Balaban J connectivity index is 1.92. The number of fused-ring (bicyclic) bond motifs is 1. The van der Waals surface area contributed by atoms with Crippen molar-refractivity contribution in [3.05, 3.63) is 64.7 Å². The third-order valence-electron chi connectivity index (χ3n) is 4.54. The largest absolute Gasteiger partial charge is 0.370 e. The molecule has 0 spiro atoms. The Morgan fingerprint density at radius 1 is 1.04 bits per heavy atom. The number of aromatic nitrogens is 2. The average molecular weight is 338 g/mol. The predicted molar refractivity (Wildman–Crippen MR) is 100 cm³/mol. The van der Waals surface area contributed by atoms with Gasteiger partial charge in [0.15, 0.2) is 0 Å². The summed E-state index contributed by atoms with van der Waals surface area (Å²) in [6.07, 6.45) is 3.38. The average Bonchev–Trinajstić information content (AvgIpc) is 2.78. The van der Waals surface area contributed by atoms with Crippen molar-refractivity contribution in [2.24, 2.45) is 0 Å². The van der Waals surface area contributed by atoms with Crippen molar-refractivity contribution in [1.29, 1.82) is 0 Å². The number of nitrogens with one attached hydrogen (secondary N) is 1. The summed E-state index contributed by atoms with van der Waals surface area (Å²) in [5.74, 6) is 1.08. The molecule has 0 amide bonds. The van der Waals surface area contributed by atoms with E-state index in [9.17, 15) is 0 Å². The van der Waals surface area contributed by atoms with Crippen LogP contribution in [0.5, 0.6) is 0 Å². The van der Waals surface area contributed by atoms with E-state index in [0.717, 1.165) is 35.7 Å². The fraction of sp³-hybridized carbons (Fsp3) is 0.250. The van der Waals surface area contributed by atoms with Crippen LogP contribution in [0.4, 0.5) is 5.82 Å². The molecule has 1 aromatic heterocycles. The monoisotopic (exact) mass is 337 g/mol. The molecule has 1 aliphatic heterocycles. The van der Waals surface area contributed by atoms with Crippen molar-refractivity contribution >= 4 is 17.4 Å². The van der Waals surface area contributed by atoms with Gasteiger partial charge in [0.1, 0.15) is 5.82 Å². The lowest BCUT2D eigenvalue weighted by Crippen LogP contribution is -2.07. The van der Waals surface area contributed by atoms with Crippen LogP contribution in [0.3, 0.4) is 0 Å². The van der Waals surface area contributed by atoms with Crippen LogP contribution in [0.15, 0.2) is 48.5 Å². The molecule has 0 bridgehead atoms. The van der Waals surface area contributed by atoms with Gasteiger partial charge in [-0.1, -0.05) is 53.6 Å². The van der Waals surface area contributed by atoms with E-state index in [1.54, 1.807) is 0 Å². The lowest BCUT2D eigenvalue weighted by atomic mass is 10.0. The summed E-state index contributed by atoms with van der Waals surface area (Å²) < 4.78 is 1.97. The molecule has 3 aromatic rings. The van der Waals surface area contributed by atoms with Gasteiger partial charge in [0.2, 0.25) is 0 Å². The van der Waals surface area contributed by atoms with E-state index >= 15 is 0 Å². The summed E-state index contributed by atoms with van der Waals surface area (Å²) in [4.78, 5) is 0. The molecule has 0 atom stereocenters. The highest BCUT2D eigenvalue weighted by molar-refractivity contribution is 6.32. The minimum atomic E-state index is 0.712. The summed E-state index contributed by atoms with van der Waals surface area (Å²) >= 11 is 6.43. The molecule has 0 saturated carbocycles. The topological polar surface area (TPSA) is 29.9 Å². The maximum Gasteiger partial charge on any atom is 0.133 e. The fourth-order valence-electron chi connectivity index (χ4n) is 3.24. The minimum absolute atomic E-state index is 0.712. The van der Waals surface area contributed by atoms with Crippen LogP contribution in [0, 0.1) is 6.92 Å². The van der Waals surface area contributed by atoms with Gasteiger partial charge in [0.25, 0.3) is 0 Å². The van der Waals surface area contributed by atoms with Crippen molar-refractivity contribution in [1.82, 2.24) is 9.78 Å². The van der Waals surface area contributed by atoms with Crippen molar-refractivity contribution in [2.45, 2.75) is 26.2 Å². The van der Waals surface area contributed by atoms with E-state index in [1.807, 2.05) is 28.9 Å². The first kappa shape index (κ1) is 15.3. The maximum absolute atomic E-state index is 6.43. The van der Waals surface area contributed by atoms with Crippen LogP contribution in [-0.2, 0) is 6.42 Å². The van der Waals surface area contributed by atoms with E-state index in [2.05, 4.69) is 36.5 Å². The normalized spacial score (nSPS) is 13.9. The number of aryl methyl sites for hydroxylation is 1. The second kappa shape index (κ2) is 6.33. The molecule has 4 rings (SSSR count). The number of anilines is 1. The number of para-hydroxylation sites is 1. The second-order valence-corrected chi connectivity index (χ2v) is 6.70. The SMILES string of the molecule is Cc1ccc(-c2nn(-c3ccccc3Cl)c3c2CCCCN3)cc1. The summed E-state index contributed by atoms with van der Waals surface area (Å²) in [6.45, 7) is 3.07. The van der Waals surface area contributed by atoms with Crippen LogP contribution < -0.4 is 5.32 Å². The highest BCUT2D eigenvalue weighted by atomic mass is 35.5. The standard InChI is InChI=1S/C20H20ClN3/c1-14-9-11-15(12-10-14)19-16-6-4-5-13-22-20(16)24(23-19)18-8-3-2-7-17(18)21/h2-3,7-12,22H,4-6,13H2,1H3. The van der Waals surface area contributed by atoms with E-state index < -0.39 is 0 Å². The molecule has 3 nitrogen and oxygen atoms in total. The van der Waals surface area contributed by atoms with Gasteiger partial charge in [-0.15, -0.1) is 0 Å². The van der Waals surface area contributed by atoms with Gasteiger partial charge < -0.3 is 5.32 Å². The molecule has 0 fully saturated rings. The Bertz CT molecular complexity index is 865. The summed E-state index contributed by atoms with van der Waals surface area (Å²) in [6, 6.07) is 16.5. The van der Waals surface area contributed by atoms with Gasteiger partial charge in [-0.25, -0.2) is 4.68 Å². The van der Waals surface area contributed by atoms with Gasteiger partial charge in [0, 0.05) is 17.7 Å². The Morgan fingerprint density at radius 2 is 1.83 bits per heavy atom. The molecule has 1 aliphatic rings. The molecular formula is C20H20ClN3. The molecule has 0 saturated heterocycles. The zero-order chi connectivity index (χ0) is 16.5. The van der Waals surface area contributed by atoms with Crippen LogP contribution in [0.1, 0.15) is 24.0 Å². The summed E-state index contributed by atoms with van der Waals surface area (Å²) in [5.41, 5.74) is 5.68. The number of nitrogens with zero attached hydrogens (tertiary/aromatic N) is 2. The Labute approximate surface area is 147 Å². The van der Waals surface area contributed by atoms with Gasteiger partial charge >= 0.3 is 0 Å². The third kappa shape index (κ3) is 2.69. The van der Waals surface area contributed by atoms with Crippen LogP contribution in [0.2, 0.25) is 5.02 Å². The molecule has 4 heteroatoms. The van der Waals surface area contributed by atoms with Gasteiger partial charge in [-0.2, -0.15) is 5.10 Å².